The summed E-state index contributed by atoms with van der Waals surface area (Å²) >= 11 is 0. The highest BCUT2D eigenvalue weighted by Gasteiger charge is 2.07. The number of aromatic amines is 1. The van der Waals surface area contributed by atoms with E-state index in [4.69, 9.17) is 0 Å². The number of hydrogen-bond acceptors (Lipinski definition) is 2. The number of aromatic nitrogens is 2. The van der Waals surface area contributed by atoms with E-state index in [1.54, 1.807) is 6.33 Å². The average molecular weight is 167 g/mol. The van der Waals surface area contributed by atoms with Gasteiger partial charge in [0.2, 0.25) is 0 Å². The molecule has 0 radical (unpaired) electrons. The normalized spacial score (nSPS) is 11.9. The number of nitrogens with one attached hydrogen (secondary N) is 2. The molecule has 0 unspecified atom stereocenters. The molecule has 0 fully saturated rings. The fourth-order valence-electron chi connectivity index (χ4n) is 0.994. The first kappa shape index (κ1) is 9.26. The van der Waals surface area contributed by atoms with Crippen LogP contribution in [0.4, 0.5) is 0 Å². The average Bonchev–Trinajstić information content (AvgIpc) is 2.36. The number of nitrogens with zero attached hydrogens (tertiary/aromatic N) is 1. The van der Waals surface area contributed by atoms with E-state index in [2.05, 4.69) is 36.1 Å². The van der Waals surface area contributed by atoms with Crippen LogP contribution in [0.5, 0.6) is 0 Å². The molecule has 0 saturated heterocycles. The monoisotopic (exact) mass is 167 g/mol. The van der Waals surface area contributed by atoms with Crippen LogP contribution in [-0.2, 0) is 6.42 Å². The van der Waals surface area contributed by atoms with E-state index in [-0.39, 0.29) is 5.54 Å². The Morgan fingerprint density at radius 1 is 1.50 bits per heavy atom. The molecule has 1 aromatic heterocycles. The molecule has 2 N–H and O–H groups in total. The van der Waals surface area contributed by atoms with Gasteiger partial charge < -0.3 is 10.3 Å². The van der Waals surface area contributed by atoms with Crippen molar-refractivity contribution in [1.29, 1.82) is 0 Å². The van der Waals surface area contributed by atoms with Crippen LogP contribution in [0.2, 0.25) is 0 Å². The van der Waals surface area contributed by atoms with E-state index < -0.39 is 0 Å². The highest BCUT2D eigenvalue weighted by molar-refractivity contribution is 4.94. The van der Waals surface area contributed by atoms with Gasteiger partial charge in [-0.3, -0.25) is 0 Å². The minimum atomic E-state index is 0.208. The summed E-state index contributed by atoms with van der Waals surface area (Å²) in [6.07, 6.45) is 4.59. The lowest BCUT2D eigenvalue weighted by molar-refractivity contribution is 0.428. The van der Waals surface area contributed by atoms with E-state index in [1.807, 2.05) is 6.20 Å². The van der Waals surface area contributed by atoms with Gasteiger partial charge in [0, 0.05) is 30.4 Å². The van der Waals surface area contributed by atoms with Crippen LogP contribution in [0, 0.1) is 0 Å². The Hall–Kier alpha value is -0.830. The maximum atomic E-state index is 3.95. The van der Waals surface area contributed by atoms with E-state index >= 15 is 0 Å². The Labute approximate surface area is 73.6 Å². The first-order chi connectivity index (χ1) is 5.58. The van der Waals surface area contributed by atoms with E-state index in [0.29, 0.717) is 0 Å². The predicted molar refractivity (Wildman–Crippen MR) is 50.0 cm³/mol. The minimum absolute atomic E-state index is 0.208. The lowest BCUT2D eigenvalue weighted by Gasteiger charge is -2.19. The quantitative estimate of drug-likeness (QED) is 0.713. The third-order valence-electron chi connectivity index (χ3n) is 1.60. The molecular weight excluding hydrogens is 150 g/mol. The van der Waals surface area contributed by atoms with Gasteiger partial charge in [-0.05, 0) is 20.8 Å². The van der Waals surface area contributed by atoms with Gasteiger partial charge in [-0.25, -0.2) is 4.98 Å². The second kappa shape index (κ2) is 3.72. The Balaban J connectivity index is 2.20. The lowest BCUT2D eigenvalue weighted by Crippen LogP contribution is -2.37. The summed E-state index contributed by atoms with van der Waals surface area (Å²) in [7, 11) is 0. The van der Waals surface area contributed by atoms with Gasteiger partial charge >= 0.3 is 0 Å². The van der Waals surface area contributed by atoms with Gasteiger partial charge in [-0.1, -0.05) is 0 Å². The molecule has 68 valence electrons. The van der Waals surface area contributed by atoms with E-state index in [9.17, 15) is 0 Å². The molecule has 0 aliphatic heterocycles. The summed E-state index contributed by atoms with van der Waals surface area (Å²) in [5, 5.41) is 3.41. The number of imidazole rings is 1. The Morgan fingerprint density at radius 2 is 2.25 bits per heavy atom. The van der Waals surface area contributed by atoms with Crippen molar-refractivity contribution in [3.63, 3.8) is 0 Å². The van der Waals surface area contributed by atoms with Crippen LogP contribution in [0.15, 0.2) is 12.5 Å². The molecule has 1 heterocycles. The van der Waals surface area contributed by atoms with Crippen LogP contribution in [0.25, 0.3) is 0 Å². The summed E-state index contributed by atoms with van der Waals surface area (Å²) in [6, 6.07) is 0. The first-order valence-electron chi connectivity index (χ1n) is 4.30. The van der Waals surface area contributed by atoms with Crippen LogP contribution in [0.3, 0.4) is 0 Å². The Morgan fingerprint density at radius 3 is 2.75 bits per heavy atom. The fourth-order valence-corrected chi connectivity index (χ4v) is 0.994. The second-order valence-corrected chi connectivity index (χ2v) is 4.00. The van der Waals surface area contributed by atoms with Gasteiger partial charge in [0.25, 0.3) is 0 Å². The summed E-state index contributed by atoms with van der Waals surface area (Å²) in [5.41, 5.74) is 1.40. The topological polar surface area (TPSA) is 40.7 Å². The third-order valence-corrected chi connectivity index (χ3v) is 1.60. The van der Waals surface area contributed by atoms with Crippen molar-refractivity contribution >= 4 is 0 Å². The maximum Gasteiger partial charge on any atom is 0.0921 e. The molecule has 3 heteroatoms. The van der Waals surface area contributed by atoms with Crippen LogP contribution in [-0.4, -0.2) is 22.1 Å². The predicted octanol–water partition coefficient (Wildman–Crippen LogP) is 1.34. The molecule has 1 rings (SSSR count). The SMILES string of the molecule is CC(C)(C)NCCc1cnc[nH]1. The lowest BCUT2D eigenvalue weighted by atomic mass is 10.1. The standard InChI is InChI=1S/C9H17N3/c1-9(2,3)12-5-4-8-6-10-7-11-8/h6-7,12H,4-5H2,1-3H3,(H,10,11). The fraction of sp³-hybridized carbons (Fsp3) is 0.667. The van der Waals surface area contributed by atoms with Crippen LogP contribution >= 0.6 is 0 Å². The van der Waals surface area contributed by atoms with Gasteiger partial charge in [0.05, 0.1) is 6.33 Å². The van der Waals surface area contributed by atoms with E-state index in [1.165, 1.54) is 5.69 Å². The minimum Gasteiger partial charge on any atom is -0.348 e. The highest BCUT2D eigenvalue weighted by Crippen LogP contribution is 1.99. The van der Waals surface area contributed by atoms with Gasteiger partial charge in [0.1, 0.15) is 0 Å². The third kappa shape index (κ3) is 3.53. The Bertz CT molecular complexity index is 208. The van der Waals surface area contributed by atoms with Crippen molar-refractivity contribution in [1.82, 2.24) is 15.3 Å². The molecule has 0 aromatic carbocycles. The van der Waals surface area contributed by atoms with Gasteiger partial charge in [-0.2, -0.15) is 0 Å². The molecule has 0 aliphatic rings. The summed E-state index contributed by atoms with van der Waals surface area (Å²) in [4.78, 5) is 7.03. The van der Waals surface area contributed by atoms with Crippen molar-refractivity contribution in [2.45, 2.75) is 32.7 Å². The molecule has 12 heavy (non-hydrogen) atoms. The van der Waals surface area contributed by atoms with Crippen LogP contribution in [0.1, 0.15) is 26.5 Å². The largest absolute Gasteiger partial charge is 0.348 e. The summed E-state index contributed by atoms with van der Waals surface area (Å²) in [5.74, 6) is 0. The molecule has 3 nitrogen and oxygen atoms in total. The van der Waals surface area contributed by atoms with Gasteiger partial charge in [0.15, 0.2) is 0 Å². The zero-order chi connectivity index (χ0) is 9.03. The molecule has 0 bridgehead atoms. The first-order valence-corrected chi connectivity index (χ1v) is 4.30. The van der Waals surface area contributed by atoms with Crippen molar-refractivity contribution in [3.05, 3.63) is 18.2 Å². The Kier molecular flexibility index (Phi) is 2.87. The molecular formula is C9H17N3. The number of hydrogen-bond donors (Lipinski definition) is 2. The van der Waals surface area contributed by atoms with Gasteiger partial charge in [-0.15, -0.1) is 0 Å². The van der Waals surface area contributed by atoms with E-state index in [0.717, 1.165) is 13.0 Å². The second-order valence-electron chi connectivity index (χ2n) is 4.00. The van der Waals surface area contributed by atoms with Crippen LogP contribution < -0.4 is 5.32 Å². The molecule has 1 aromatic rings. The molecule has 0 saturated carbocycles. The number of rotatable bonds is 3. The zero-order valence-corrected chi connectivity index (χ0v) is 8.02. The molecule has 0 aliphatic carbocycles. The zero-order valence-electron chi connectivity index (χ0n) is 8.02. The smallest absolute Gasteiger partial charge is 0.0921 e. The molecule has 0 amide bonds. The number of H-pyrrole nitrogens is 1. The van der Waals surface area contributed by atoms with Crippen molar-refractivity contribution in [2.24, 2.45) is 0 Å². The highest BCUT2D eigenvalue weighted by atomic mass is 14.9. The van der Waals surface area contributed by atoms with Crippen molar-refractivity contribution < 1.29 is 0 Å². The molecule has 0 spiro atoms. The summed E-state index contributed by atoms with van der Waals surface area (Å²) < 4.78 is 0. The van der Waals surface area contributed by atoms with Crippen molar-refractivity contribution in [2.75, 3.05) is 6.54 Å². The molecule has 0 atom stereocenters. The summed E-state index contributed by atoms with van der Waals surface area (Å²) in [6.45, 7) is 7.49. The van der Waals surface area contributed by atoms with Crippen molar-refractivity contribution in [3.8, 4) is 0 Å². The maximum absolute atomic E-state index is 3.95.